The van der Waals surface area contributed by atoms with Crippen molar-refractivity contribution in [3.8, 4) is 0 Å². The second-order valence-electron chi connectivity index (χ2n) is 5.11. The summed E-state index contributed by atoms with van der Waals surface area (Å²) < 4.78 is 32.7. The van der Waals surface area contributed by atoms with Gasteiger partial charge < -0.3 is 4.74 Å². The first kappa shape index (κ1) is 18.1. The summed E-state index contributed by atoms with van der Waals surface area (Å²) >= 11 is 3.25. The maximum absolute atomic E-state index is 12.5. The molecular formula is C14H20BrNO4S. The van der Waals surface area contributed by atoms with Crippen molar-refractivity contribution in [1.29, 1.82) is 0 Å². The average Bonchev–Trinajstić information content (AvgIpc) is 2.36. The molecule has 1 atom stereocenters. The van der Waals surface area contributed by atoms with Gasteiger partial charge in [-0.15, -0.1) is 0 Å². The van der Waals surface area contributed by atoms with Gasteiger partial charge in [-0.2, -0.15) is 4.72 Å². The van der Waals surface area contributed by atoms with Gasteiger partial charge in [0, 0.05) is 4.47 Å². The number of benzene rings is 1. The van der Waals surface area contributed by atoms with E-state index in [9.17, 15) is 13.2 Å². The molecule has 0 saturated heterocycles. The fourth-order valence-corrected chi connectivity index (χ4v) is 4.68. The Bertz CT molecular complexity index is 630. The molecule has 1 aromatic rings. The Kier molecular flexibility index (Phi) is 5.95. The van der Waals surface area contributed by atoms with Gasteiger partial charge in [-0.3, -0.25) is 4.79 Å². The highest BCUT2D eigenvalue weighted by Crippen LogP contribution is 2.25. The predicted octanol–water partition coefficient (Wildman–Crippen LogP) is 2.77. The molecule has 1 N–H and O–H groups in total. The van der Waals surface area contributed by atoms with Crippen molar-refractivity contribution in [1.82, 2.24) is 4.72 Å². The minimum Gasteiger partial charge on any atom is -0.468 e. The van der Waals surface area contributed by atoms with Gasteiger partial charge in [0.2, 0.25) is 10.0 Å². The molecule has 7 heteroatoms. The van der Waals surface area contributed by atoms with Gasteiger partial charge in [0.05, 0.1) is 12.0 Å². The Morgan fingerprint density at radius 2 is 2.05 bits per heavy atom. The molecule has 0 bridgehead atoms. The number of sulfonamides is 1. The third kappa shape index (κ3) is 4.28. The highest BCUT2D eigenvalue weighted by Gasteiger charge is 2.38. The van der Waals surface area contributed by atoms with E-state index in [1.807, 2.05) is 13.8 Å². The number of rotatable bonds is 6. The monoisotopic (exact) mass is 377 g/mol. The normalized spacial score (nSPS) is 14.5. The lowest BCUT2D eigenvalue weighted by molar-refractivity contribution is -0.147. The highest BCUT2D eigenvalue weighted by atomic mass is 79.9. The smallest absolute Gasteiger partial charge is 0.326 e. The quantitative estimate of drug-likeness (QED) is 0.773. The summed E-state index contributed by atoms with van der Waals surface area (Å²) in [5, 5.41) is 0. The lowest BCUT2D eigenvalue weighted by Gasteiger charge is -2.27. The molecule has 5 nitrogen and oxygen atoms in total. The zero-order valence-electron chi connectivity index (χ0n) is 12.6. The van der Waals surface area contributed by atoms with Crippen LogP contribution in [-0.2, 0) is 19.6 Å². The topological polar surface area (TPSA) is 72.5 Å². The van der Waals surface area contributed by atoms with Crippen LogP contribution in [0.15, 0.2) is 27.6 Å². The van der Waals surface area contributed by atoms with Crippen LogP contribution in [0.3, 0.4) is 0 Å². The molecule has 0 aliphatic carbocycles. The summed E-state index contributed by atoms with van der Waals surface area (Å²) in [6.45, 7) is 5.27. The van der Waals surface area contributed by atoms with E-state index in [2.05, 4.69) is 20.7 Å². The number of nitrogens with one attached hydrogen (secondary N) is 1. The molecule has 0 aliphatic rings. The lowest BCUT2D eigenvalue weighted by atomic mass is 9.98. The van der Waals surface area contributed by atoms with E-state index >= 15 is 0 Å². The number of aryl methyl sites for hydroxylation is 1. The summed E-state index contributed by atoms with van der Waals surface area (Å²) in [5.41, 5.74) is -0.350. The Balaban J connectivity index is 3.21. The standard InChI is InChI=1S/C14H20BrNO4S/c1-5-8-14(3,13(17)20-4)16-21(18,19)12-7-6-10(2)9-11(12)15/h6-7,9,16H,5,8H2,1-4H3. The van der Waals surface area contributed by atoms with E-state index in [4.69, 9.17) is 4.74 Å². The van der Waals surface area contributed by atoms with Crippen molar-refractivity contribution in [2.24, 2.45) is 0 Å². The number of methoxy groups -OCH3 is 1. The second kappa shape index (κ2) is 6.89. The van der Waals surface area contributed by atoms with Gasteiger partial charge in [-0.25, -0.2) is 8.42 Å². The molecule has 1 aromatic carbocycles. The Morgan fingerprint density at radius 1 is 1.43 bits per heavy atom. The van der Waals surface area contributed by atoms with Gasteiger partial charge >= 0.3 is 5.97 Å². The summed E-state index contributed by atoms with van der Waals surface area (Å²) in [4.78, 5) is 12.0. The molecule has 0 heterocycles. The molecule has 1 unspecified atom stereocenters. The number of halogens is 1. The molecule has 1 rings (SSSR count). The maximum atomic E-state index is 12.5. The lowest BCUT2D eigenvalue weighted by Crippen LogP contribution is -2.52. The Labute approximate surface area is 134 Å². The molecule has 0 radical (unpaired) electrons. The van der Waals surface area contributed by atoms with Crippen molar-refractivity contribution >= 4 is 31.9 Å². The maximum Gasteiger partial charge on any atom is 0.326 e. The average molecular weight is 378 g/mol. The van der Waals surface area contributed by atoms with E-state index in [1.54, 1.807) is 12.1 Å². The molecule has 0 fully saturated rings. The molecule has 118 valence electrons. The van der Waals surface area contributed by atoms with Crippen LogP contribution in [-0.4, -0.2) is 27.0 Å². The number of ether oxygens (including phenoxy) is 1. The Morgan fingerprint density at radius 3 is 2.52 bits per heavy atom. The van der Waals surface area contributed by atoms with Crippen molar-refractivity contribution in [2.75, 3.05) is 7.11 Å². The number of esters is 1. The van der Waals surface area contributed by atoms with E-state index in [0.29, 0.717) is 17.3 Å². The van der Waals surface area contributed by atoms with Crippen LogP contribution in [0.4, 0.5) is 0 Å². The highest BCUT2D eigenvalue weighted by molar-refractivity contribution is 9.10. The van der Waals surface area contributed by atoms with Crippen LogP contribution >= 0.6 is 15.9 Å². The first-order chi connectivity index (χ1) is 9.66. The van der Waals surface area contributed by atoms with Crippen molar-refractivity contribution in [3.05, 3.63) is 28.2 Å². The van der Waals surface area contributed by atoms with Gasteiger partial charge in [-0.1, -0.05) is 19.4 Å². The van der Waals surface area contributed by atoms with Crippen molar-refractivity contribution < 1.29 is 17.9 Å². The van der Waals surface area contributed by atoms with Crippen LogP contribution in [0.1, 0.15) is 32.3 Å². The van der Waals surface area contributed by atoms with Crippen LogP contribution < -0.4 is 4.72 Å². The second-order valence-corrected chi connectivity index (χ2v) is 7.62. The van der Waals surface area contributed by atoms with E-state index in [1.165, 1.54) is 20.1 Å². The zero-order valence-corrected chi connectivity index (χ0v) is 15.0. The summed E-state index contributed by atoms with van der Waals surface area (Å²) in [5.74, 6) is -0.601. The number of hydrogen-bond acceptors (Lipinski definition) is 4. The summed E-state index contributed by atoms with van der Waals surface area (Å²) in [6, 6.07) is 4.92. The molecular weight excluding hydrogens is 358 g/mol. The third-order valence-electron chi connectivity index (χ3n) is 3.12. The molecule has 0 spiro atoms. The molecule has 0 amide bonds. The van der Waals surface area contributed by atoms with Gasteiger partial charge in [0.1, 0.15) is 5.54 Å². The van der Waals surface area contributed by atoms with E-state index in [0.717, 1.165) is 5.56 Å². The minimum atomic E-state index is -3.84. The number of carbonyl (C=O) groups excluding carboxylic acids is 1. The van der Waals surface area contributed by atoms with Crippen LogP contribution in [0.2, 0.25) is 0 Å². The van der Waals surface area contributed by atoms with Crippen LogP contribution in [0.5, 0.6) is 0 Å². The molecule has 21 heavy (non-hydrogen) atoms. The third-order valence-corrected chi connectivity index (χ3v) is 5.70. The summed E-state index contributed by atoms with van der Waals surface area (Å²) in [7, 11) is -2.60. The van der Waals surface area contributed by atoms with Gasteiger partial charge in [0.25, 0.3) is 0 Å². The van der Waals surface area contributed by atoms with E-state index < -0.39 is 21.5 Å². The van der Waals surface area contributed by atoms with Crippen LogP contribution in [0, 0.1) is 6.92 Å². The first-order valence-electron chi connectivity index (χ1n) is 6.55. The molecule has 0 saturated carbocycles. The van der Waals surface area contributed by atoms with Gasteiger partial charge in [0.15, 0.2) is 0 Å². The van der Waals surface area contributed by atoms with E-state index in [-0.39, 0.29) is 4.90 Å². The van der Waals surface area contributed by atoms with Crippen molar-refractivity contribution in [3.63, 3.8) is 0 Å². The fraction of sp³-hybridized carbons (Fsp3) is 0.500. The Hall–Kier alpha value is -0.920. The number of carbonyl (C=O) groups is 1. The van der Waals surface area contributed by atoms with Crippen molar-refractivity contribution in [2.45, 2.75) is 44.0 Å². The SMILES string of the molecule is CCCC(C)(NS(=O)(=O)c1ccc(C)cc1Br)C(=O)OC. The summed E-state index contributed by atoms with van der Waals surface area (Å²) in [6.07, 6.45) is 0.992. The number of hydrogen-bond donors (Lipinski definition) is 1. The fourth-order valence-electron chi connectivity index (χ4n) is 2.10. The van der Waals surface area contributed by atoms with Gasteiger partial charge in [-0.05, 0) is 53.9 Å². The first-order valence-corrected chi connectivity index (χ1v) is 8.82. The van der Waals surface area contributed by atoms with Crippen LogP contribution in [0.25, 0.3) is 0 Å². The minimum absolute atomic E-state index is 0.0966. The zero-order chi connectivity index (χ0) is 16.3. The molecule has 0 aliphatic heterocycles. The largest absolute Gasteiger partial charge is 0.468 e. The molecule has 0 aromatic heterocycles. The predicted molar refractivity (Wildman–Crippen MR) is 84.5 cm³/mol.